The summed E-state index contributed by atoms with van der Waals surface area (Å²) in [5.74, 6) is -4.49. The fraction of sp³-hybridized carbons (Fsp3) is 0.476. The Balaban J connectivity index is 1.50. The molecule has 1 aliphatic carbocycles. The Morgan fingerprint density at radius 1 is 1.06 bits per heavy atom. The average Bonchev–Trinajstić information content (AvgIpc) is 3.02. The fourth-order valence-electron chi connectivity index (χ4n) is 3.95. The van der Waals surface area contributed by atoms with E-state index in [1.165, 1.54) is 19.1 Å². The molecule has 0 radical (unpaired) electrons. The number of rotatable bonds is 7. The lowest BCUT2D eigenvalue weighted by Gasteiger charge is -2.21. The molecular formula is C21H22F2N2O7. The zero-order valence-corrected chi connectivity index (χ0v) is 17.2. The van der Waals surface area contributed by atoms with E-state index in [0.29, 0.717) is 12.8 Å². The number of hydrogen-bond acceptors (Lipinski definition) is 7. The Kier molecular flexibility index (Phi) is 7.16. The molecule has 1 aromatic carbocycles. The molecule has 0 bridgehead atoms. The molecule has 1 heterocycles. The molecule has 172 valence electrons. The minimum atomic E-state index is -3.01. The lowest BCUT2D eigenvalue weighted by molar-refractivity contribution is -0.159. The molecule has 9 nitrogen and oxygen atoms in total. The van der Waals surface area contributed by atoms with Crippen molar-refractivity contribution in [3.63, 3.8) is 0 Å². The maximum absolute atomic E-state index is 12.5. The highest BCUT2D eigenvalue weighted by atomic mass is 19.3. The number of carbonyl (C=O) groups is 5. The summed E-state index contributed by atoms with van der Waals surface area (Å²) in [5.41, 5.74) is -0.00414. The minimum Gasteiger partial charge on any atom is -0.454 e. The molecule has 1 N–H and O–H groups in total. The van der Waals surface area contributed by atoms with Crippen molar-refractivity contribution in [2.45, 2.75) is 45.3 Å². The van der Waals surface area contributed by atoms with E-state index in [1.807, 2.05) is 5.32 Å². The van der Waals surface area contributed by atoms with E-state index in [1.54, 1.807) is 0 Å². The van der Waals surface area contributed by atoms with Crippen molar-refractivity contribution in [3.8, 4) is 5.75 Å². The zero-order chi connectivity index (χ0) is 23.4. The van der Waals surface area contributed by atoms with Crippen LogP contribution in [0.5, 0.6) is 5.75 Å². The summed E-state index contributed by atoms with van der Waals surface area (Å²) >= 11 is 0. The van der Waals surface area contributed by atoms with E-state index in [0.717, 1.165) is 29.9 Å². The lowest BCUT2D eigenvalue weighted by atomic mass is 9.81. The smallest absolute Gasteiger partial charge is 0.387 e. The summed E-state index contributed by atoms with van der Waals surface area (Å²) in [6, 6.07) is 3.44. The number of likely N-dealkylation sites (tertiary alicyclic amines) is 1. The van der Waals surface area contributed by atoms with Gasteiger partial charge < -0.3 is 9.47 Å². The molecule has 0 aromatic heterocycles. The number of nitrogens with zero attached hydrogens (tertiary/aromatic N) is 1. The summed E-state index contributed by atoms with van der Waals surface area (Å²) in [7, 11) is 0. The van der Waals surface area contributed by atoms with Gasteiger partial charge in [0, 0.05) is 5.56 Å². The Morgan fingerprint density at radius 3 is 2.16 bits per heavy atom. The molecular weight excluding hydrogens is 430 g/mol. The summed E-state index contributed by atoms with van der Waals surface area (Å²) in [6.07, 6.45) is 2.91. The normalized spacial score (nSPS) is 21.2. The Hall–Kier alpha value is -3.37. The van der Waals surface area contributed by atoms with Gasteiger partial charge in [-0.05, 0) is 44.0 Å². The predicted octanol–water partition coefficient (Wildman–Crippen LogP) is 1.65. The van der Waals surface area contributed by atoms with Crippen molar-refractivity contribution < 1.29 is 42.2 Å². The second-order valence-corrected chi connectivity index (χ2v) is 7.61. The van der Waals surface area contributed by atoms with Crippen molar-refractivity contribution in [2.24, 2.45) is 11.8 Å². The van der Waals surface area contributed by atoms with Gasteiger partial charge in [0.15, 0.2) is 6.61 Å². The average molecular weight is 452 g/mol. The van der Waals surface area contributed by atoms with Crippen LogP contribution in [0, 0.1) is 11.8 Å². The zero-order valence-electron chi connectivity index (χ0n) is 17.2. The summed E-state index contributed by atoms with van der Waals surface area (Å²) in [5, 5.41) is 1.99. The summed E-state index contributed by atoms with van der Waals surface area (Å²) in [6.45, 7) is -2.46. The highest BCUT2D eigenvalue weighted by Gasteiger charge is 2.51. The monoisotopic (exact) mass is 452 g/mol. The second kappa shape index (κ2) is 9.84. The maximum atomic E-state index is 12.5. The Bertz CT molecular complexity index is 895. The van der Waals surface area contributed by atoms with Crippen molar-refractivity contribution in [3.05, 3.63) is 29.8 Å². The van der Waals surface area contributed by atoms with Gasteiger partial charge in [0.05, 0.1) is 11.8 Å². The van der Waals surface area contributed by atoms with E-state index in [4.69, 9.17) is 4.74 Å². The van der Waals surface area contributed by atoms with E-state index >= 15 is 0 Å². The highest BCUT2D eigenvalue weighted by molar-refractivity contribution is 6.08. The Labute approximate surface area is 182 Å². The summed E-state index contributed by atoms with van der Waals surface area (Å²) in [4.78, 5) is 62.3. The first kappa shape index (κ1) is 23.3. The number of ether oxygens (including phenoxy) is 2. The largest absolute Gasteiger partial charge is 0.454 e. The molecule has 1 saturated carbocycles. The van der Waals surface area contributed by atoms with Crippen LogP contribution in [0.1, 0.15) is 43.0 Å². The first-order chi connectivity index (χ1) is 15.2. The molecule has 11 heteroatoms. The molecule has 3 unspecified atom stereocenters. The van der Waals surface area contributed by atoms with Crippen LogP contribution in [0.25, 0.3) is 0 Å². The summed E-state index contributed by atoms with van der Waals surface area (Å²) < 4.78 is 33.3. The van der Waals surface area contributed by atoms with Crippen LogP contribution in [0.15, 0.2) is 24.3 Å². The number of esters is 1. The number of amides is 4. The van der Waals surface area contributed by atoms with Crippen LogP contribution < -0.4 is 10.1 Å². The van der Waals surface area contributed by atoms with Crippen LogP contribution >= 0.6 is 0 Å². The number of imide groups is 2. The molecule has 1 aromatic rings. The van der Waals surface area contributed by atoms with E-state index in [-0.39, 0.29) is 11.3 Å². The van der Waals surface area contributed by atoms with Crippen LogP contribution in [0.3, 0.4) is 0 Å². The van der Waals surface area contributed by atoms with Gasteiger partial charge in [-0.25, -0.2) is 4.79 Å². The topological polar surface area (TPSA) is 119 Å². The van der Waals surface area contributed by atoms with Crippen LogP contribution in [0.2, 0.25) is 0 Å². The quantitative estimate of drug-likeness (QED) is 0.494. The number of nitrogens with one attached hydrogen (secondary N) is 1. The minimum absolute atomic E-state index is 0.00414. The lowest BCUT2D eigenvalue weighted by Crippen LogP contribution is -2.45. The molecule has 1 saturated heterocycles. The van der Waals surface area contributed by atoms with Crippen molar-refractivity contribution in [1.29, 1.82) is 0 Å². The van der Waals surface area contributed by atoms with Crippen LogP contribution in [-0.4, -0.2) is 53.8 Å². The fourth-order valence-corrected chi connectivity index (χ4v) is 3.95. The molecule has 2 aliphatic rings. The SMILES string of the molecule is CC(C(=O)OCC(=O)NC(=O)c1ccc(OC(F)F)cc1)N1C(=O)C2CCCCC2C1=O. The third kappa shape index (κ3) is 5.09. The second-order valence-electron chi connectivity index (χ2n) is 7.61. The van der Waals surface area contributed by atoms with Crippen molar-refractivity contribution in [2.75, 3.05) is 6.61 Å². The van der Waals surface area contributed by atoms with Crippen LogP contribution in [0.4, 0.5) is 8.78 Å². The first-order valence-electron chi connectivity index (χ1n) is 10.1. The van der Waals surface area contributed by atoms with Gasteiger partial charge in [-0.15, -0.1) is 0 Å². The Morgan fingerprint density at radius 2 is 1.62 bits per heavy atom. The van der Waals surface area contributed by atoms with E-state index in [2.05, 4.69) is 4.74 Å². The standard InChI is InChI=1S/C21H22F2N2O7/c1-11(25-18(28)14-4-2-3-5-15(14)19(25)29)20(30)31-10-16(26)24-17(27)12-6-8-13(9-7-12)32-21(22)23/h6-9,11,14-15,21H,2-5,10H2,1H3,(H,24,26,27). The molecule has 0 spiro atoms. The van der Waals surface area contributed by atoms with Gasteiger partial charge in [0.25, 0.3) is 11.8 Å². The number of alkyl halides is 2. The number of benzene rings is 1. The number of halogens is 2. The van der Waals surface area contributed by atoms with Crippen molar-refractivity contribution >= 4 is 29.6 Å². The third-order valence-corrected chi connectivity index (χ3v) is 5.54. The number of carbonyl (C=O) groups excluding carboxylic acids is 5. The molecule has 2 fully saturated rings. The van der Waals surface area contributed by atoms with Gasteiger partial charge in [-0.2, -0.15) is 8.78 Å². The van der Waals surface area contributed by atoms with Crippen molar-refractivity contribution in [1.82, 2.24) is 10.2 Å². The molecule has 3 atom stereocenters. The maximum Gasteiger partial charge on any atom is 0.387 e. The number of hydrogen-bond donors (Lipinski definition) is 1. The van der Waals surface area contributed by atoms with E-state index < -0.39 is 60.7 Å². The van der Waals surface area contributed by atoms with Gasteiger partial charge in [-0.3, -0.25) is 29.4 Å². The molecule has 3 rings (SSSR count). The highest BCUT2D eigenvalue weighted by Crippen LogP contribution is 2.38. The molecule has 1 aliphatic heterocycles. The first-order valence-corrected chi connectivity index (χ1v) is 10.1. The number of fused-ring (bicyclic) bond motifs is 1. The molecule has 32 heavy (non-hydrogen) atoms. The molecule has 4 amide bonds. The van der Waals surface area contributed by atoms with E-state index in [9.17, 15) is 32.8 Å². The van der Waals surface area contributed by atoms with Gasteiger partial charge in [0.1, 0.15) is 11.8 Å². The van der Waals surface area contributed by atoms with Gasteiger partial charge in [0.2, 0.25) is 11.8 Å². The third-order valence-electron chi connectivity index (χ3n) is 5.54. The van der Waals surface area contributed by atoms with Gasteiger partial charge in [-0.1, -0.05) is 12.8 Å². The predicted molar refractivity (Wildman–Crippen MR) is 103 cm³/mol. The van der Waals surface area contributed by atoms with Crippen LogP contribution in [-0.2, 0) is 23.9 Å². The van der Waals surface area contributed by atoms with Gasteiger partial charge >= 0.3 is 12.6 Å².